The molecule has 4 heterocycles. The molecule has 5 nitrogen and oxygen atoms in total. The molecule has 44 radical (unpaired) electrons. The van der Waals surface area contributed by atoms with Crippen molar-refractivity contribution in [3.63, 3.8) is 0 Å². The summed E-state index contributed by atoms with van der Waals surface area (Å²) in [6.45, 7) is 0. The lowest BCUT2D eigenvalue weighted by molar-refractivity contribution is 0.667. The Kier molecular flexibility index (Phi) is 11.6. The second-order valence-corrected chi connectivity index (χ2v) is 17.7. The zero-order valence-electron chi connectivity index (χ0n) is 38.4. The molecule has 0 atom stereocenters. The number of rotatable bonds is 4. The fourth-order valence-electron chi connectivity index (χ4n) is 10.3. The predicted octanol–water partition coefficient (Wildman–Crippen LogP) is -14.6. The number of para-hydroxylation sites is 1. The van der Waals surface area contributed by atoms with E-state index in [0.29, 0.717) is 16.5 Å². The van der Waals surface area contributed by atoms with Crippen LogP contribution < -0.4 is 120 Å². The van der Waals surface area contributed by atoms with Crippen LogP contribution in [0.15, 0.2) is 41.1 Å². The highest BCUT2D eigenvalue weighted by molar-refractivity contribution is 6.73. The van der Waals surface area contributed by atoms with Crippen molar-refractivity contribution in [2.45, 2.75) is 0 Å². The van der Waals surface area contributed by atoms with Crippen LogP contribution in [0.2, 0.25) is 0 Å². The van der Waals surface area contributed by atoms with E-state index in [2.05, 4.69) is 9.97 Å². The van der Waals surface area contributed by atoms with Crippen molar-refractivity contribution in [2.75, 3.05) is 0 Å². The number of fused-ring (bicyclic) bond motifs is 9. The van der Waals surface area contributed by atoms with Gasteiger partial charge in [-0.25, -0.2) is 9.97 Å². The molecule has 0 N–H and O–H groups in total. The Balaban J connectivity index is 1.33. The normalized spacial score (nSPS) is 11.9. The topological polar surface area (TPSA) is 48.8 Å². The van der Waals surface area contributed by atoms with Gasteiger partial charge in [0.1, 0.15) is 196 Å². The largest absolute Gasteiger partial charge is 0.452 e. The molecule has 0 aliphatic heterocycles. The molecule has 7 aromatic carbocycles. The number of furan rings is 1. The standard InChI is InChI=1S/C46H6B22N4O/c47-8-5-9(19(49)29(59)18(8)48)71-42-13(14-24(54)30(60)33(63)36(66)43(14)71)20(50)11(22(52)35(42)65)12-21(51)23(53)15-16-25(55)31(61)34(64)37(67)44(16)72(41(15)27(12)57)45-28(58)17(26(56)32(62)38(45)68)40-46-39(69-6-70-40)7-3-1-2-4-10(7)73-46/h1-6H. The maximum absolute atomic E-state index is 7.47. The van der Waals surface area contributed by atoms with Crippen LogP contribution >= 0.6 is 0 Å². The maximum atomic E-state index is 7.47. The molecule has 0 fully saturated rings. The van der Waals surface area contributed by atoms with Crippen molar-refractivity contribution in [3.05, 3.63) is 36.7 Å². The molecule has 0 bridgehead atoms. The Morgan fingerprint density at radius 1 is 0.356 bits per heavy atom. The van der Waals surface area contributed by atoms with E-state index < -0.39 is 0 Å². The molecular weight excluding hydrogens is 862 g/mol. The minimum absolute atomic E-state index is 0.0226. The fraction of sp³-hybridized carbons (Fsp3) is 0. The molecule has 4 aromatic heterocycles. The first-order valence-electron chi connectivity index (χ1n) is 21.7. The first-order chi connectivity index (χ1) is 34.5. The predicted molar refractivity (Wildman–Crippen MR) is 327 cm³/mol. The van der Waals surface area contributed by atoms with Gasteiger partial charge in [0.25, 0.3) is 0 Å². The third kappa shape index (κ3) is 6.41. The second kappa shape index (κ2) is 17.0. The SMILES string of the molecule is [B]c1cc(-n2c3c([B])c([B])c([B])c([B])c3c3c([B])c(-c4c([B])c([B])c5c6c([B])c([B])c([B])c([B])c6n(-c6c([B])c([B])c([B])c(-c7ncnc8c7oc7ccccc78)c6[B])c5c4[B])c([B])c([B])c32)c([B])c([B])c1[B]. The molecule has 0 aliphatic carbocycles. The van der Waals surface area contributed by atoms with Crippen LogP contribution in [0, 0.1) is 0 Å². The van der Waals surface area contributed by atoms with Gasteiger partial charge in [-0.05, 0) is 51.0 Å². The summed E-state index contributed by atoms with van der Waals surface area (Å²) in [5.74, 6) is 0. The van der Waals surface area contributed by atoms with Gasteiger partial charge in [0.2, 0.25) is 0 Å². The maximum Gasteiger partial charge on any atom is 0.180 e. The average molecular weight is 868 g/mol. The molecule has 27 heteroatoms. The summed E-state index contributed by atoms with van der Waals surface area (Å²) in [5, 5.41) is 1.27. The lowest BCUT2D eigenvalue weighted by Gasteiger charge is -2.27. The van der Waals surface area contributed by atoms with Crippen molar-refractivity contribution < 1.29 is 4.42 Å². The first kappa shape index (κ1) is 49.6. The van der Waals surface area contributed by atoms with E-state index in [1.807, 2.05) is 18.2 Å². The van der Waals surface area contributed by atoms with E-state index in [1.165, 1.54) is 21.5 Å². The molecule has 11 rings (SSSR count). The number of hydrogen-bond donors (Lipinski definition) is 0. The lowest BCUT2D eigenvalue weighted by atomic mass is 9.61. The van der Waals surface area contributed by atoms with Crippen molar-refractivity contribution >= 4 is 358 Å². The zero-order chi connectivity index (χ0) is 52.6. The monoisotopic (exact) mass is 872 g/mol. The van der Waals surface area contributed by atoms with E-state index in [4.69, 9.17) is 177 Å². The van der Waals surface area contributed by atoms with Crippen LogP contribution in [0.1, 0.15) is 0 Å². The Hall–Kier alpha value is -5.55. The summed E-state index contributed by atoms with van der Waals surface area (Å²) in [4.78, 5) is 9.09. The lowest BCUT2D eigenvalue weighted by Crippen LogP contribution is -2.50. The highest BCUT2D eigenvalue weighted by Crippen LogP contribution is 2.34. The highest BCUT2D eigenvalue weighted by Gasteiger charge is 2.31. The summed E-state index contributed by atoms with van der Waals surface area (Å²) in [6, 6.07) is 8.71. The van der Waals surface area contributed by atoms with Crippen molar-refractivity contribution in [1.29, 1.82) is 0 Å². The third-order valence-corrected chi connectivity index (χ3v) is 14.0. The van der Waals surface area contributed by atoms with E-state index in [-0.39, 0.29) is 203 Å². The quantitative estimate of drug-likeness (QED) is 0.166. The summed E-state index contributed by atoms with van der Waals surface area (Å²) in [5.41, 5.74) is 0.0270. The van der Waals surface area contributed by atoms with E-state index in [9.17, 15) is 0 Å². The Labute approximate surface area is 449 Å². The van der Waals surface area contributed by atoms with Crippen LogP contribution in [0.5, 0.6) is 0 Å². The van der Waals surface area contributed by atoms with Crippen molar-refractivity contribution in [2.24, 2.45) is 0 Å². The summed E-state index contributed by atoms with van der Waals surface area (Å²) >= 11 is 0. The third-order valence-electron chi connectivity index (χ3n) is 14.0. The van der Waals surface area contributed by atoms with Crippen LogP contribution in [0.25, 0.3) is 99.4 Å². The van der Waals surface area contributed by atoms with Gasteiger partial charge in [-0.2, -0.15) is 0 Å². The average Bonchev–Trinajstić information content (AvgIpc) is 4.05. The number of benzene rings is 7. The second-order valence-electron chi connectivity index (χ2n) is 17.7. The Morgan fingerprint density at radius 2 is 0.795 bits per heavy atom. The van der Waals surface area contributed by atoms with Crippen molar-refractivity contribution in [1.82, 2.24) is 19.1 Å². The van der Waals surface area contributed by atoms with Gasteiger partial charge in [-0.3, -0.25) is 0 Å². The first-order valence-corrected chi connectivity index (χ1v) is 21.7. The van der Waals surface area contributed by atoms with Gasteiger partial charge < -0.3 is 13.6 Å². The molecule has 0 saturated carbocycles. The molecule has 0 amide bonds. The molecule has 282 valence electrons. The Morgan fingerprint density at radius 3 is 1.40 bits per heavy atom. The molecule has 0 unspecified atom stereocenters. The molecular formula is C46H6B22N4O. The van der Waals surface area contributed by atoms with Crippen LogP contribution in [-0.2, 0) is 0 Å². The minimum atomic E-state index is -0.175. The summed E-state index contributed by atoms with van der Waals surface area (Å²) in [7, 11) is 150. The smallest absolute Gasteiger partial charge is 0.180 e. The molecule has 0 spiro atoms. The van der Waals surface area contributed by atoms with Gasteiger partial charge in [-0.1, -0.05) is 88.6 Å². The van der Waals surface area contributed by atoms with Gasteiger partial charge in [0.15, 0.2) is 5.58 Å². The van der Waals surface area contributed by atoms with Crippen LogP contribution in [0.4, 0.5) is 0 Å². The van der Waals surface area contributed by atoms with Crippen LogP contribution in [-0.4, -0.2) is 192 Å². The summed E-state index contributed by atoms with van der Waals surface area (Å²) in [6.07, 6.45) is 1.33. The highest BCUT2D eigenvalue weighted by atomic mass is 16.3. The molecule has 11 aromatic rings. The van der Waals surface area contributed by atoms with Gasteiger partial charge in [0, 0.05) is 44.2 Å². The van der Waals surface area contributed by atoms with Gasteiger partial charge in [-0.15, -0.1) is 43.7 Å². The van der Waals surface area contributed by atoms with Crippen LogP contribution in [0.3, 0.4) is 0 Å². The number of aromatic nitrogens is 4. The number of hydrogen-bond acceptors (Lipinski definition) is 3. The zero-order valence-corrected chi connectivity index (χ0v) is 38.4. The Bertz CT molecular complexity index is 4430. The number of nitrogens with zero attached hydrogens (tertiary/aromatic N) is 4. The van der Waals surface area contributed by atoms with E-state index in [1.54, 1.807) is 6.07 Å². The molecule has 0 aliphatic rings. The van der Waals surface area contributed by atoms with Gasteiger partial charge in [0.05, 0.1) is 0 Å². The fourth-order valence-corrected chi connectivity index (χ4v) is 10.3. The van der Waals surface area contributed by atoms with E-state index >= 15 is 0 Å². The minimum Gasteiger partial charge on any atom is -0.452 e. The van der Waals surface area contributed by atoms with E-state index in [0.717, 1.165) is 0 Å². The van der Waals surface area contributed by atoms with Gasteiger partial charge >= 0.3 is 0 Å². The van der Waals surface area contributed by atoms with Crippen molar-refractivity contribution in [3.8, 4) is 33.8 Å². The molecule has 0 saturated heterocycles. The summed E-state index contributed by atoms with van der Waals surface area (Å²) < 4.78 is 9.29. The molecule has 73 heavy (non-hydrogen) atoms.